The zero-order valence-electron chi connectivity index (χ0n) is 10.6. The highest BCUT2D eigenvalue weighted by atomic mass is 35.5. The molecule has 0 atom stereocenters. The average molecular weight is 278 g/mol. The second kappa shape index (κ2) is 5.74. The number of oxazole rings is 1. The van der Waals surface area contributed by atoms with E-state index in [4.69, 9.17) is 16.0 Å². The van der Waals surface area contributed by atoms with E-state index < -0.39 is 0 Å². The van der Waals surface area contributed by atoms with Crippen LogP contribution in [-0.2, 0) is 6.54 Å². The summed E-state index contributed by atoms with van der Waals surface area (Å²) >= 11 is 5.97. The summed E-state index contributed by atoms with van der Waals surface area (Å²) in [6.45, 7) is 5.03. The third-order valence-corrected chi connectivity index (χ3v) is 3.45. The van der Waals surface area contributed by atoms with Gasteiger partial charge in [0.2, 0.25) is 5.89 Å². The largest absolute Gasteiger partial charge is 0.444 e. The van der Waals surface area contributed by atoms with Gasteiger partial charge in [-0.3, -0.25) is 4.90 Å². The van der Waals surface area contributed by atoms with Crippen molar-refractivity contribution in [3.63, 3.8) is 0 Å². The van der Waals surface area contributed by atoms with E-state index in [1.54, 1.807) is 6.26 Å². The van der Waals surface area contributed by atoms with Crippen molar-refractivity contribution in [3.8, 4) is 11.5 Å². The Hall–Kier alpha value is -1.36. The third-order valence-electron chi connectivity index (χ3n) is 3.22. The molecule has 0 radical (unpaired) electrons. The Bertz CT molecular complexity index is 549. The zero-order valence-corrected chi connectivity index (χ0v) is 11.4. The lowest BCUT2D eigenvalue weighted by atomic mass is 10.2. The molecule has 0 saturated carbocycles. The molecule has 0 amide bonds. The summed E-state index contributed by atoms with van der Waals surface area (Å²) in [7, 11) is 0. The van der Waals surface area contributed by atoms with E-state index in [9.17, 15) is 0 Å². The normalized spacial score (nSPS) is 16.7. The Morgan fingerprint density at radius 3 is 2.95 bits per heavy atom. The molecule has 5 heteroatoms. The molecule has 2 aromatic rings. The van der Waals surface area contributed by atoms with E-state index in [0.717, 1.165) is 44.0 Å². The van der Waals surface area contributed by atoms with Crippen molar-refractivity contribution in [2.45, 2.75) is 6.54 Å². The molecule has 1 aromatic carbocycles. The molecular weight excluding hydrogens is 262 g/mol. The van der Waals surface area contributed by atoms with Gasteiger partial charge in [0.15, 0.2) is 0 Å². The summed E-state index contributed by atoms with van der Waals surface area (Å²) in [5.74, 6) is 0.632. The summed E-state index contributed by atoms with van der Waals surface area (Å²) in [5, 5.41) is 4.03. The minimum atomic E-state index is 0.632. The maximum absolute atomic E-state index is 5.97. The Kier molecular flexibility index (Phi) is 3.82. The van der Waals surface area contributed by atoms with Crippen molar-refractivity contribution in [1.29, 1.82) is 0 Å². The van der Waals surface area contributed by atoms with Crippen LogP contribution in [0.25, 0.3) is 11.5 Å². The molecule has 19 heavy (non-hydrogen) atoms. The predicted molar refractivity (Wildman–Crippen MR) is 75.1 cm³/mol. The number of aromatic nitrogens is 1. The molecule has 1 aliphatic heterocycles. The number of piperazine rings is 1. The van der Waals surface area contributed by atoms with Crippen LogP contribution >= 0.6 is 11.6 Å². The van der Waals surface area contributed by atoms with Gasteiger partial charge in [0.05, 0.1) is 5.69 Å². The van der Waals surface area contributed by atoms with Gasteiger partial charge in [-0.1, -0.05) is 17.7 Å². The molecule has 1 aromatic heterocycles. The topological polar surface area (TPSA) is 41.3 Å². The van der Waals surface area contributed by atoms with Crippen molar-refractivity contribution >= 4 is 11.6 Å². The number of nitrogens with zero attached hydrogens (tertiary/aromatic N) is 2. The fourth-order valence-corrected chi connectivity index (χ4v) is 2.42. The Morgan fingerprint density at radius 1 is 1.32 bits per heavy atom. The molecule has 100 valence electrons. The summed E-state index contributed by atoms with van der Waals surface area (Å²) in [5.41, 5.74) is 1.89. The average Bonchev–Trinajstić information content (AvgIpc) is 2.88. The van der Waals surface area contributed by atoms with Crippen LogP contribution in [0.4, 0.5) is 0 Å². The van der Waals surface area contributed by atoms with Gasteiger partial charge in [-0.2, -0.15) is 0 Å². The van der Waals surface area contributed by atoms with Gasteiger partial charge < -0.3 is 9.73 Å². The zero-order chi connectivity index (χ0) is 13.1. The highest BCUT2D eigenvalue weighted by Crippen LogP contribution is 2.22. The standard InChI is InChI=1S/C14H16ClN3O/c15-12-3-1-2-11(8-12)14-17-13(10-19-14)9-18-6-4-16-5-7-18/h1-3,8,10,16H,4-7,9H2. The molecule has 1 saturated heterocycles. The van der Waals surface area contributed by atoms with Crippen molar-refractivity contribution < 1.29 is 4.42 Å². The maximum Gasteiger partial charge on any atom is 0.226 e. The summed E-state index contributed by atoms with van der Waals surface area (Å²) in [4.78, 5) is 6.90. The highest BCUT2D eigenvalue weighted by molar-refractivity contribution is 6.30. The van der Waals surface area contributed by atoms with Gasteiger partial charge in [0.1, 0.15) is 6.26 Å². The van der Waals surface area contributed by atoms with Gasteiger partial charge in [-0.25, -0.2) is 4.98 Å². The van der Waals surface area contributed by atoms with Crippen LogP contribution in [0.15, 0.2) is 34.9 Å². The number of nitrogens with one attached hydrogen (secondary N) is 1. The van der Waals surface area contributed by atoms with Crippen molar-refractivity contribution in [1.82, 2.24) is 15.2 Å². The second-order valence-electron chi connectivity index (χ2n) is 4.68. The van der Waals surface area contributed by atoms with Crippen LogP contribution < -0.4 is 5.32 Å². The number of benzene rings is 1. The van der Waals surface area contributed by atoms with Gasteiger partial charge in [-0.15, -0.1) is 0 Å². The highest BCUT2D eigenvalue weighted by Gasteiger charge is 2.13. The van der Waals surface area contributed by atoms with Crippen molar-refractivity contribution in [3.05, 3.63) is 41.2 Å². The van der Waals surface area contributed by atoms with E-state index in [-0.39, 0.29) is 0 Å². The first-order chi connectivity index (χ1) is 9.31. The van der Waals surface area contributed by atoms with Gasteiger partial charge in [-0.05, 0) is 18.2 Å². The smallest absolute Gasteiger partial charge is 0.226 e. The molecule has 1 fully saturated rings. The Morgan fingerprint density at radius 2 is 2.16 bits per heavy atom. The second-order valence-corrected chi connectivity index (χ2v) is 5.12. The minimum Gasteiger partial charge on any atom is -0.444 e. The van der Waals surface area contributed by atoms with Gasteiger partial charge in [0.25, 0.3) is 0 Å². The van der Waals surface area contributed by atoms with Gasteiger partial charge >= 0.3 is 0 Å². The molecule has 1 N–H and O–H groups in total. The van der Waals surface area contributed by atoms with E-state index in [0.29, 0.717) is 10.9 Å². The lowest BCUT2D eigenvalue weighted by Gasteiger charge is -2.25. The molecule has 0 bridgehead atoms. The molecule has 3 rings (SSSR count). The van der Waals surface area contributed by atoms with Crippen LogP contribution in [0.1, 0.15) is 5.69 Å². The van der Waals surface area contributed by atoms with Gasteiger partial charge in [0, 0.05) is 43.3 Å². The molecule has 0 spiro atoms. The van der Waals surface area contributed by atoms with Crippen LogP contribution in [0.2, 0.25) is 5.02 Å². The fourth-order valence-electron chi connectivity index (χ4n) is 2.23. The van der Waals surface area contributed by atoms with Crippen molar-refractivity contribution in [2.75, 3.05) is 26.2 Å². The minimum absolute atomic E-state index is 0.632. The number of hydrogen-bond donors (Lipinski definition) is 1. The molecule has 2 heterocycles. The number of halogens is 1. The summed E-state index contributed by atoms with van der Waals surface area (Å²) in [6.07, 6.45) is 1.73. The Labute approximate surface area is 117 Å². The third kappa shape index (κ3) is 3.15. The quantitative estimate of drug-likeness (QED) is 0.935. The Balaban J connectivity index is 1.72. The van der Waals surface area contributed by atoms with Crippen LogP contribution in [0.5, 0.6) is 0 Å². The number of hydrogen-bond acceptors (Lipinski definition) is 4. The SMILES string of the molecule is Clc1cccc(-c2nc(CN3CCNCC3)co2)c1. The molecule has 0 aliphatic carbocycles. The first-order valence-corrected chi connectivity index (χ1v) is 6.82. The number of rotatable bonds is 3. The van der Waals surface area contributed by atoms with E-state index in [1.165, 1.54) is 0 Å². The molecular formula is C14H16ClN3O. The molecule has 0 unspecified atom stereocenters. The lowest BCUT2D eigenvalue weighted by Crippen LogP contribution is -2.42. The van der Waals surface area contributed by atoms with E-state index in [1.807, 2.05) is 24.3 Å². The maximum atomic E-state index is 5.97. The molecule has 1 aliphatic rings. The van der Waals surface area contributed by atoms with E-state index >= 15 is 0 Å². The molecule has 4 nitrogen and oxygen atoms in total. The summed E-state index contributed by atoms with van der Waals surface area (Å²) < 4.78 is 5.54. The first-order valence-electron chi connectivity index (χ1n) is 6.45. The lowest BCUT2D eigenvalue weighted by molar-refractivity contribution is 0.230. The predicted octanol–water partition coefficient (Wildman–Crippen LogP) is 2.40. The fraction of sp³-hybridized carbons (Fsp3) is 0.357. The van der Waals surface area contributed by atoms with Crippen LogP contribution in [0, 0.1) is 0 Å². The first kappa shape index (κ1) is 12.7. The monoisotopic (exact) mass is 277 g/mol. The van der Waals surface area contributed by atoms with Crippen LogP contribution in [0.3, 0.4) is 0 Å². The van der Waals surface area contributed by atoms with Crippen molar-refractivity contribution in [2.24, 2.45) is 0 Å². The van der Waals surface area contributed by atoms with Crippen LogP contribution in [-0.4, -0.2) is 36.1 Å². The van der Waals surface area contributed by atoms with E-state index in [2.05, 4.69) is 15.2 Å². The summed E-state index contributed by atoms with van der Waals surface area (Å²) in [6, 6.07) is 7.56.